The fraction of sp³-hybridized carbons (Fsp3) is 0.375. The molecule has 1 atom stereocenters. The monoisotopic (exact) mass is 312 g/mol. The van der Waals surface area contributed by atoms with E-state index in [1.807, 2.05) is 13.0 Å². The topological polar surface area (TPSA) is 106 Å². The van der Waals surface area contributed by atoms with Gasteiger partial charge in [0, 0.05) is 30.3 Å². The lowest BCUT2D eigenvalue weighted by Crippen LogP contribution is -2.29. The van der Waals surface area contributed by atoms with E-state index < -0.39 is 5.91 Å². The van der Waals surface area contributed by atoms with E-state index in [4.69, 9.17) is 5.73 Å². The van der Waals surface area contributed by atoms with Crippen LogP contribution in [-0.2, 0) is 0 Å². The van der Waals surface area contributed by atoms with Gasteiger partial charge in [0.05, 0.1) is 5.69 Å². The highest BCUT2D eigenvalue weighted by atomic mass is 16.1. The molecule has 0 radical (unpaired) electrons. The third-order valence-electron chi connectivity index (χ3n) is 3.87. The Labute approximate surface area is 134 Å². The molecule has 23 heavy (non-hydrogen) atoms. The molecule has 0 aromatic carbocycles. The lowest BCUT2D eigenvalue weighted by molar-refractivity contribution is 0.1000. The maximum absolute atomic E-state index is 11.3. The molecule has 7 nitrogen and oxygen atoms in total. The number of amides is 1. The SMILES string of the molecule is Cc1nc(Nc2cc(C(N)=O)ccn2)cc(C2CCCNC2)n1. The first kappa shape index (κ1) is 15.4. The number of carbonyl (C=O) groups excluding carboxylic acids is 1. The van der Waals surface area contributed by atoms with Crippen LogP contribution < -0.4 is 16.4 Å². The van der Waals surface area contributed by atoms with Crippen LogP contribution in [0.1, 0.15) is 40.6 Å². The van der Waals surface area contributed by atoms with Crippen molar-refractivity contribution in [2.45, 2.75) is 25.7 Å². The first-order valence-electron chi connectivity index (χ1n) is 7.71. The Bertz CT molecular complexity index is 711. The summed E-state index contributed by atoms with van der Waals surface area (Å²) in [5.41, 5.74) is 6.73. The summed E-state index contributed by atoms with van der Waals surface area (Å²) >= 11 is 0. The van der Waals surface area contributed by atoms with Crippen molar-refractivity contribution in [3.05, 3.63) is 41.5 Å². The van der Waals surface area contributed by atoms with Crippen molar-refractivity contribution in [3.63, 3.8) is 0 Å². The second kappa shape index (κ2) is 6.70. The van der Waals surface area contributed by atoms with E-state index in [0.717, 1.165) is 31.6 Å². The fourth-order valence-electron chi connectivity index (χ4n) is 2.75. The van der Waals surface area contributed by atoms with Crippen LogP contribution in [0.2, 0.25) is 0 Å². The normalized spacial score (nSPS) is 17.7. The molecule has 1 fully saturated rings. The van der Waals surface area contributed by atoms with E-state index in [0.29, 0.717) is 28.9 Å². The first-order chi connectivity index (χ1) is 11.1. The molecule has 1 saturated heterocycles. The van der Waals surface area contributed by atoms with Gasteiger partial charge in [0.25, 0.3) is 0 Å². The van der Waals surface area contributed by atoms with Crippen molar-refractivity contribution in [2.75, 3.05) is 18.4 Å². The number of hydrogen-bond acceptors (Lipinski definition) is 6. The highest BCUT2D eigenvalue weighted by Gasteiger charge is 2.18. The molecule has 2 aromatic rings. The molecule has 0 spiro atoms. The minimum Gasteiger partial charge on any atom is -0.366 e. The first-order valence-corrected chi connectivity index (χ1v) is 7.71. The Morgan fingerprint density at radius 3 is 2.96 bits per heavy atom. The molecular weight excluding hydrogens is 292 g/mol. The predicted molar refractivity (Wildman–Crippen MR) is 87.7 cm³/mol. The lowest BCUT2D eigenvalue weighted by atomic mass is 9.96. The fourth-order valence-corrected chi connectivity index (χ4v) is 2.75. The number of nitrogens with one attached hydrogen (secondary N) is 2. The summed E-state index contributed by atoms with van der Waals surface area (Å²) in [4.78, 5) is 24.4. The zero-order valence-corrected chi connectivity index (χ0v) is 13.0. The van der Waals surface area contributed by atoms with E-state index in [1.54, 1.807) is 18.3 Å². The molecule has 3 rings (SSSR count). The van der Waals surface area contributed by atoms with Gasteiger partial charge < -0.3 is 16.4 Å². The molecule has 1 amide bonds. The number of piperidine rings is 1. The molecule has 0 aliphatic carbocycles. The van der Waals surface area contributed by atoms with E-state index in [1.165, 1.54) is 0 Å². The van der Waals surface area contributed by atoms with E-state index in [2.05, 4.69) is 25.6 Å². The molecule has 0 saturated carbocycles. The molecule has 3 heterocycles. The Balaban J connectivity index is 1.83. The summed E-state index contributed by atoms with van der Waals surface area (Å²) in [6.45, 7) is 3.87. The van der Waals surface area contributed by atoms with E-state index in [-0.39, 0.29) is 0 Å². The third-order valence-corrected chi connectivity index (χ3v) is 3.87. The average molecular weight is 312 g/mol. The second-order valence-electron chi connectivity index (χ2n) is 5.69. The summed E-state index contributed by atoms with van der Waals surface area (Å²) in [6, 6.07) is 5.14. The molecule has 1 aliphatic heterocycles. The molecule has 1 unspecified atom stereocenters. The zero-order chi connectivity index (χ0) is 16.2. The highest BCUT2D eigenvalue weighted by molar-refractivity contribution is 5.93. The summed E-state index contributed by atoms with van der Waals surface area (Å²) < 4.78 is 0. The number of pyridine rings is 1. The second-order valence-corrected chi connectivity index (χ2v) is 5.69. The molecule has 2 aromatic heterocycles. The van der Waals surface area contributed by atoms with Gasteiger partial charge in [-0.3, -0.25) is 4.79 Å². The highest BCUT2D eigenvalue weighted by Crippen LogP contribution is 2.24. The largest absolute Gasteiger partial charge is 0.366 e. The maximum atomic E-state index is 11.3. The van der Waals surface area contributed by atoms with Crippen LogP contribution in [0, 0.1) is 6.92 Å². The number of anilines is 2. The summed E-state index contributed by atoms with van der Waals surface area (Å²) in [5.74, 6) is 1.83. The predicted octanol–water partition coefficient (Wildman–Crippen LogP) is 1.49. The van der Waals surface area contributed by atoms with Crippen molar-refractivity contribution in [1.29, 1.82) is 0 Å². The number of nitrogens with two attached hydrogens (primary N) is 1. The lowest BCUT2D eigenvalue weighted by Gasteiger charge is -2.22. The van der Waals surface area contributed by atoms with Crippen LogP contribution in [0.15, 0.2) is 24.4 Å². The standard InChI is InChI=1S/C16H20N6O/c1-10-20-13(12-3-2-5-18-9-12)8-15(21-10)22-14-7-11(16(17)23)4-6-19-14/h4,6-8,12,18H,2-3,5,9H2,1H3,(H2,17,23)(H,19,20,21,22). The third kappa shape index (κ3) is 3.81. The van der Waals surface area contributed by atoms with Crippen LogP contribution >= 0.6 is 0 Å². The number of carbonyl (C=O) groups is 1. The Kier molecular flexibility index (Phi) is 4.47. The van der Waals surface area contributed by atoms with E-state index in [9.17, 15) is 4.79 Å². The molecular formula is C16H20N6O. The van der Waals surface area contributed by atoms with Gasteiger partial charge in [0.2, 0.25) is 5.91 Å². The minimum absolute atomic E-state index is 0.399. The molecule has 1 aliphatic rings. The van der Waals surface area contributed by atoms with Gasteiger partial charge in [-0.25, -0.2) is 15.0 Å². The van der Waals surface area contributed by atoms with Crippen LogP contribution in [0.25, 0.3) is 0 Å². The van der Waals surface area contributed by atoms with Crippen molar-refractivity contribution in [2.24, 2.45) is 5.73 Å². The number of primary amides is 1. The van der Waals surface area contributed by atoms with Gasteiger partial charge in [0.15, 0.2) is 0 Å². The molecule has 120 valence electrons. The molecule has 4 N–H and O–H groups in total. The number of nitrogens with zero attached hydrogens (tertiary/aromatic N) is 3. The Hall–Kier alpha value is -2.54. The Morgan fingerprint density at radius 2 is 2.22 bits per heavy atom. The van der Waals surface area contributed by atoms with Crippen LogP contribution in [0.5, 0.6) is 0 Å². The average Bonchev–Trinajstić information content (AvgIpc) is 2.55. The minimum atomic E-state index is -0.483. The van der Waals surface area contributed by atoms with Gasteiger partial charge in [-0.05, 0) is 38.4 Å². The molecule has 7 heteroatoms. The number of rotatable bonds is 4. The quantitative estimate of drug-likeness (QED) is 0.790. The van der Waals surface area contributed by atoms with Crippen molar-refractivity contribution < 1.29 is 4.79 Å². The summed E-state index contributed by atoms with van der Waals surface area (Å²) in [5, 5.41) is 6.53. The van der Waals surface area contributed by atoms with Crippen LogP contribution in [0.3, 0.4) is 0 Å². The molecule has 0 bridgehead atoms. The number of aromatic nitrogens is 3. The van der Waals surface area contributed by atoms with Crippen molar-refractivity contribution in [3.8, 4) is 0 Å². The van der Waals surface area contributed by atoms with Crippen LogP contribution in [-0.4, -0.2) is 33.9 Å². The van der Waals surface area contributed by atoms with Gasteiger partial charge >= 0.3 is 0 Å². The van der Waals surface area contributed by atoms with Gasteiger partial charge in [0.1, 0.15) is 17.5 Å². The Morgan fingerprint density at radius 1 is 1.35 bits per heavy atom. The smallest absolute Gasteiger partial charge is 0.248 e. The summed E-state index contributed by atoms with van der Waals surface area (Å²) in [6.07, 6.45) is 3.82. The maximum Gasteiger partial charge on any atom is 0.248 e. The van der Waals surface area contributed by atoms with Crippen LogP contribution in [0.4, 0.5) is 11.6 Å². The number of aryl methyl sites for hydroxylation is 1. The van der Waals surface area contributed by atoms with Gasteiger partial charge in [-0.2, -0.15) is 0 Å². The van der Waals surface area contributed by atoms with Gasteiger partial charge in [-0.1, -0.05) is 0 Å². The number of hydrogen-bond donors (Lipinski definition) is 3. The van der Waals surface area contributed by atoms with Crippen molar-refractivity contribution in [1.82, 2.24) is 20.3 Å². The van der Waals surface area contributed by atoms with Gasteiger partial charge in [-0.15, -0.1) is 0 Å². The summed E-state index contributed by atoms with van der Waals surface area (Å²) in [7, 11) is 0. The zero-order valence-electron chi connectivity index (χ0n) is 13.0. The van der Waals surface area contributed by atoms with Crippen molar-refractivity contribution >= 4 is 17.5 Å². The van der Waals surface area contributed by atoms with E-state index >= 15 is 0 Å².